The summed E-state index contributed by atoms with van der Waals surface area (Å²) < 4.78 is 38.8. The number of benzene rings is 2. The molecule has 0 aliphatic carbocycles. The third-order valence-electron chi connectivity index (χ3n) is 4.76. The quantitative estimate of drug-likeness (QED) is 0.390. The monoisotopic (exact) mass is 455 g/mol. The number of rotatable bonds is 7. The molecular formula is C22H21N3O4S2. The van der Waals surface area contributed by atoms with Crippen molar-refractivity contribution in [3.8, 4) is 27.9 Å². The Hall–Kier alpha value is -3.17. The third kappa shape index (κ3) is 4.06. The largest absolute Gasteiger partial charge is 0.497 e. The molecule has 0 atom stereocenters. The summed E-state index contributed by atoms with van der Waals surface area (Å²) in [5.74, 6) is 1.41. The van der Waals surface area contributed by atoms with Crippen LogP contribution in [0.4, 0.5) is 5.69 Å². The van der Waals surface area contributed by atoms with Gasteiger partial charge in [0, 0.05) is 17.0 Å². The number of methoxy groups -OCH3 is 1. The van der Waals surface area contributed by atoms with Gasteiger partial charge in [-0.05, 0) is 44.2 Å². The van der Waals surface area contributed by atoms with Crippen molar-refractivity contribution >= 4 is 27.0 Å². The minimum atomic E-state index is -3.77. The normalized spacial score (nSPS) is 11.5. The molecule has 0 bridgehead atoms. The fraction of sp³-hybridized carbons (Fsp3) is 0.182. The number of thiophene rings is 1. The van der Waals surface area contributed by atoms with Crippen LogP contribution in [0.2, 0.25) is 0 Å². The number of aromatic nitrogens is 2. The lowest BCUT2D eigenvalue weighted by Gasteiger charge is -2.23. The molecule has 4 rings (SSSR count). The maximum Gasteiger partial charge on any atom is 0.268 e. The van der Waals surface area contributed by atoms with E-state index in [2.05, 4.69) is 10.1 Å². The molecule has 31 heavy (non-hydrogen) atoms. The van der Waals surface area contributed by atoms with Crippen LogP contribution in [0.3, 0.4) is 0 Å². The van der Waals surface area contributed by atoms with Gasteiger partial charge in [-0.3, -0.25) is 4.31 Å². The van der Waals surface area contributed by atoms with Gasteiger partial charge in [0.2, 0.25) is 5.82 Å². The number of hydrogen-bond acceptors (Lipinski definition) is 7. The average molecular weight is 456 g/mol. The number of hydrogen-bond donors (Lipinski definition) is 0. The number of nitrogens with zero attached hydrogens (tertiary/aromatic N) is 3. The SMILES string of the molecule is CCN(c1ccc(OC)cc1)S(=O)(=O)c1cc(-c2nc(-c3ccccc3)no2)sc1C. The first-order valence-electron chi connectivity index (χ1n) is 9.60. The van der Waals surface area contributed by atoms with E-state index < -0.39 is 10.0 Å². The Morgan fingerprint density at radius 3 is 2.45 bits per heavy atom. The number of aryl methyl sites for hydroxylation is 1. The van der Waals surface area contributed by atoms with E-state index in [4.69, 9.17) is 9.26 Å². The predicted octanol–water partition coefficient (Wildman–Crippen LogP) is 5.00. The minimum absolute atomic E-state index is 0.227. The zero-order chi connectivity index (χ0) is 22.0. The highest BCUT2D eigenvalue weighted by Crippen LogP contribution is 2.36. The summed E-state index contributed by atoms with van der Waals surface area (Å²) in [6, 6.07) is 18.0. The molecule has 0 amide bonds. The Kier molecular flexibility index (Phi) is 5.79. The van der Waals surface area contributed by atoms with Crippen LogP contribution in [-0.4, -0.2) is 32.2 Å². The van der Waals surface area contributed by atoms with Crippen LogP contribution in [0.5, 0.6) is 5.75 Å². The Morgan fingerprint density at radius 2 is 1.81 bits per heavy atom. The first-order valence-corrected chi connectivity index (χ1v) is 11.9. The Bertz CT molecular complexity index is 1280. The minimum Gasteiger partial charge on any atom is -0.497 e. The maximum atomic E-state index is 13.4. The van der Waals surface area contributed by atoms with Crippen LogP contribution in [0.25, 0.3) is 22.2 Å². The highest BCUT2D eigenvalue weighted by atomic mass is 32.2. The van der Waals surface area contributed by atoms with Gasteiger partial charge in [-0.15, -0.1) is 11.3 Å². The van der Waals surface area contributed by atoms with Crippen molar-refractivity contribution in [1.82, 2.24) is 10.1 Å². The molecule has 0 unspecified atom stereocenters. The predicted molar refractivity (Wildman–Crippen MR) is 121 cm³/mol. The van der Waals surface area contributed by atoms with Gasteiger partial charge in [0.15, 0.2) is 0 Å². The van der Waals surface area contributed by atoms with Crippen LogP contribution in [-0.2, 0) is 10.0 Å². The van der Waals surface area contributed by atoms with Gasteiger partial charge >= 0.3 is 0 Å². The number of ether oxygens (including phenoxy) is 1. The third-order valence-corrected chi connectivity index (χ3v) is 7.95. The van der Waals surface area contributed by atoms with Gasteiger partial charge in [0.1, 0.15) is 10.6 Å². The highest BCUT2D eigenvalue weighted by molar-refractivity contribution is 7.93. The van der Waals surface area contributed by atoms with Crippen molar-refractivity contribution < 1.29 is 17.7 Å². The van der Waals surface area contributed by atoms with Crippen LogP contribution in [0, 0.1) is 6.92 Å². The van der Waals surface area contributed by atoms with Crippen molar-refractivity contribution in [3.05, 3.63) is 65.5 Å². The molecule has 4 aromatic rings. The van der Waals surface area contributed by atoms with Crippen LogP contribution >= 0.6 is 11.3 Å². The second kappa shape index (κ2) is 8.52. The summed E-state index contributed by atoms with van der Waals surface area (Å²) in [6.45, 7) is 3.86. The molecule has 0 aliphatic rings. The molecular weight excluding hydrogens is 434 g/mol. The van der Waals surface area contributed by atoms with Gasteiger partial charge in [0.25, 0.3) is 15.9 Å². The molecule has 9 heteroatoms. The van der Waals surface area contributed by atoms with Gasteiger partial charge in [-0.25, -0.2) is 8.42 Å². The van der Waals surface area contributed by atoms with Crippen LogP contribution in [0.1, 0.15) is 11.8 Å². The van der Waals surface area contributed by atoms with Crippen molar-refractivity contribution in [2.75, 3.05) is 18.0 Å². The molecule has 0 saturated heterocycles. The lowest BCUT2D eigenvalue weighted by Crippen LogP contribution is -2.30. The van der Waals surface area contributed by atoms with Gasteiger partial charge in [0.05, 0.1) is 17.7 Å². The lowest BCUT2D eigenvalue weighted by molar-refractivity contribution is 0.415. The second-order valence-corrected chi connectivity index (χ2v) is 9.78. The van der Waals surface area contributed by atoms with Crippen molar-refractivity contribution in [2.45, 2.75) is 18.7 Å². The van der Waals surface area contributed by atoms with E-state index >= 15 is 0 Å². The van der Waals surface area contributed by atoms with Crippen molar-refractivity contribution in [3.63, 3.8) is 0 Å². The van der Waals surface area contributed by atoms with Gasteiger partial charge in [-0.1, -0.05) is 35.5 Å². The Morgan fingerprint density at radius 1 is 1.10 bits per heavy atom. The summed E-state index contributed by atoms with van der Waals surface area (Å²) in [5, 5.41) is 4.03. The molecule has 0 saturated carbocycles. The van der Waals surface area contributed by atoms with E-state index in [0.717, 1.165) is 5.56 Å². The molecule has 0 fully saturated rings. The maximum absolute atomic E-state index is 13.4. The number of sulfonamides is 1. The fourth-order valence-electron chi connectivity index (χ4n) is 3.21. The molecule has 0 N–H and O–H groups in total. The molecule has 2 aromatic heterocycles. The van der Waals surface area contributed by atoms with Crippen molar-refractivity contribution in [2.24, 2.45) is 0 Å². The zero-order valence-corrected chi connectivity index (χ0v) is 18.9. The van der Waals surface area contributed by atoms with E-state index in [1.54, 1.807) is 51.3 Å². The average Bonchev–Trinajstić information content (AvgIpc) is 3.42. The fourth-order valence-corrected chi connectivity index (χ4v) is 6.17. The molecule has 2 aromatic carbocycles. The first kappa shape index (κ1) is 21.1. The summed E-state index contributed by atoms with van der Waals surface area (Å²) in [5.41, 5.74) is 1.40. The number of anilines is 1. The lowest BCUT2D eigenvalue weighted by atomic mass is 10.2. The molecule has 2 heterocycles. The molecule has 0 spiro atoms. The second-order valence-electron chi connectivity index (χ2n) is 6.69. The summed E-state index contributed by atoms with van der Waals surface area (Å²) in [7, 11) is -2.20. The molecule has 0 radical (unpaired) electrons. The van der Waals surface area contributed by atoms with E-state index in [0.29, 0.717) is 32.9 Å². The first-order chi connectivity index (χ1) is 14.9. The summed E-state index contributed by atoms with van der Waals surface area (Å²) in [6.07, 6.45) is 0. The van der Waals surface area contributed by atoms with E-state index in [-0.39, 0.29) is 11.4 Å². The Balaban J connectivity index is 1.68. The van der Waals surface area contributed by atoms with E-state index in [1.165, 1.54) is 15.6 Å². The molecule has 0 aliphatic heterocycles. The van der Waals surface area contributed by atoms with Gasteiger partial charge < -0.3 is 9.26 Å². The van der Waals surface area contributed by atoms with Crippen LogP contribution in [0.15, 0.2) is 70.1 Å². The van der Waals surface area contributed by atoms with E-state index in [1.807, 2.05) is 30.3 Å². The zero-order valence-electron chi connectivity index (χ0n) is 17.3. The molecule has 7 nitrogen and oxygen atoms in total. The highest BCUT2D eigenvalue weighted by Gasteiger charge is 2.28. The van der Waals surface area contributed by atoms with Gasteiger partial charge in [-0.2, -0.15) is 4.98 Å². The smallest absolute Gasteiger partial charge is 0.268 e. The molecule has 160 valence electrons. The summed E-state index contributed by atoms with van der Waals surface area (Å²) in [4.78, 5) is 5.93. The van der Waals surface area contributed by atoms with Crippen molar-refractivity contribution in [1.29, 1.82) is 0 Å². The van der Waals surface area contributed by atoms with Crippen LogP contribution < -0.4 is 9.04 Å². The standard InChI is InChI=1S/C22H21N3O4S2/c1-4-25(17-10-12-18(28-3)13-11-17)31(26,27)20-14-19(30-15(20)2)22-23-21(24-29-22)16-8-6-5-7-9-16/h5-14H,4H2,1-3H3. The summed E-state index contributed by atoms with van der Waals surface area (Å²) >= 11 is 1.31. The Labute approximate surface area is 185 Å². The topological polar surface area (TPSA) is 85.5 Å². The van der Waals surface area contributed by atoms with E-state index in [9.17, 15) is 8.42 Å².